The third kappa shape index (κ3) is 3.61. The van der Waals surface area contributed by atoms with E-state index in [4.69, 9.17) is 4.98 Å². The van der Waals surface area contributed by atoms with Crippen molar-refractivity contribution in [2.45, 2.75) is 5.41 Å². The summed E-state index contributed by atoms with van der Waals surface area (Å²) in [4.78, 5) is 9.57. The highest BCUT2D eigenvalue weighted by molar-refractivity contribution is 6.01. The molecular formula is C45H28N2. The van der Waals surface area contributed by atoms with Gasteiger partial charge < -0.3 is 0 Å². The molecule has 47 heavy (non-hydrogen) atoms. The fourth-order valence-electron chi connectivity index (χ4n) is 8.30. The smallest absolute Gasteiger partial charge is 0.0746 e. The van der Waals surface area contributed by atoms with Gasteiger partial charge in [0.15, 0.2) is 0 Å². The summed E-state index contributed by atoms with van der Waals surface area (Å²) in [5.74, 6) is 0. The summed E-state index contributed by atoms with van der Waals surface area (Å²) in [5.41, 5.74) is 18.0. The van der Waals surface area contributed by atoms with Crippen LogP contribution in [0.25, 0.3) is 66.7 Å². The van der Waals surface area contributed by atoms with Crippen molar-refractivity contribution in [3.63, 3.8) is 0 Å². The predicted octanol–water partition coefficient (Wildman–Crippen LogP) is 11.0. The number of nitrogens with zero attached hydrogens (tertiary/aromatic N) is 2. The van der Waals surface area contributed by atoms with E-state index in [1.807, 2.05) is 18.5 Å². The molecule has 10 rings (SSSR count). The second kappa shape index (κ2) is 9.94. The molecule has 2 heteroatoms. The van der Waals surface area contributed by atoms with Crippen molar-refractivity contribution in [1.82, 2.24) is 9.97 Å². The van der Waals surface area contributed by atoms with Gasteiger partial charge in [-0.05, 0) is 85.0 Å². The molecule has 2 aliphatic carbocycles. The van der Waals surface area contributed by atoms with Crippen LogP contribution in [0.3, 0.4) is 0 Å². The van der Waals surface area contributed by atoms with Crippen LogP contribution in [0.5, 0.6) is 0 Å². The monoisotopic (exact) mass is 596 g/mol. The number of pyridine rings is 2. The van der Waals surface area contributed by atoms with Gasteiger partial charge in [0.2, 0.25) is 0 Å². The fourth-order valence-corrected chi connectivity index (χ4v) is 8.30. The molecule has 2 nitrogen and oxygen atoms in total. The highest BCUT2D eigenvalue weighted by atomic mass is 14.7. The quantitative estimate of drug-likeness (QED) is 0.203. The van der Waals surface area contributed by atoms with Gasteiger partial charge in [0.25, 0.3) is 0 Å². The number of hydrogen-bond acceptors (Lipinski definition) is 2. The number of rotatable bonds is 3. The molecule has 0 bridgehead atoms. The van der Waals surface area contributed by atoms with Crippen molar-refractivity contribution in [3.8, 4) is 55.8 Å². The van der Waals surface area contributed by atoms with Crippen LogP contribution in [-0.4, -0.2) is 9.97 Å². The molecular weight excluding hydrogens is 569 g/mol. The number of hydrogen-bond donors (Lipinski definition) is 0. The highest BCUT2D eigenvalue weighted by Crippen LogP contribution is 2.63. The van der Waals surface area contributed by atoms with Gasteiger partial charge in [-0.1, -0.05) is 140 Å². The second-order valence-electron chi connectivity index (χ2n) is 12.5. The Labute approximate surface area is 273 Å². The summed E-state index contributed by atoms with van der Waals surface area (Å²) in [6.45, 7) is 0. The first-order valence-electron chi connectivity index (χ1n) is 16.2. The lowest BCUT2D eigenvalue weighted by molar-refractivity contribution is 0.794. The Kier molecular flexibility index (Phi) is 5.53. The molecule has 0 atom stereocenters. The fraction of sp³-hybridized carbons (Fsp3) is 0.0222. The molecule has 0 amide bonds. The molecule has 8 aromatic rings. The maximum atomic E-state index is 5.14. The van der Waals surface area contributed by atoms with Gasteiger partial charge in [-0.15, -0.1) is 0 Å². The van der Waals surface area contributed by atoms with E-state index in [1.54, 1.807) is 0 Å². The Balaban J connectivity index is 1.20. The summed E-state index contributed by atoms with van der Waals surface area (Å²) < 4.78 is 0. The van der Waals surface area contributed by atoms with Gasteiger partial charge in [0.1, 0.15) is 0 Å². The topological polar surface area (TPSA) is 25.8 Å². The SMILES string of the molecule is c1ccc(-c2cc(-c3cccc(-c4cccc5c4-c4ccccc4C54c5ccccc5-c5ccccc54)c3)nc3ccncc23)cc1. The average Bonchev–Trinajstić information content (AvgIpc) is 3.62. The Morgan fingerprint density at radius 3 is 1.74 bits per heavy atom. The van der Waals surface area contributed by atoms with Gasteiger partial charge in [-0.25, -0.2) is 4.98 Å². The minimum atomic E-state index is -0.356. The zero-order chi connectivity index (χ0) is 31.0. The third-order valence-corrected chi connectivity index (χ3v) is 10.2. The molecule has 0 radical (unpaired) electrons. The maximum absolute atomic E-state index is 5.14. The lowest BCUT2D eigenvalue weighted by atomic mass is 9.70. The first-order valence-corrected chi connectivity index (χ1v) is 16.2. The molecule has 2 aliphatic rings. The number of benzene rings is 6. The standard InChI is InChI=1S/C45H28N2/c1-2-12-29(13-3-1)36-27-43(47-42-24-25-46-28-37(36)42)31-15-10-14-30(26-31)32-19-11-23-41-44(32)35-18-6-9-22-40(35)45(41)38-20-7-4-16-33(38)34-17-5-8-21-39(34)45/h1-28H. The maximum Gasteiger partial charge on any atom is 0.0746 e. The van der Waals surface area contributed by atoms with E-state index < -0.39 is 0 Å². The molecule has 6 aromatic carbocycles. The summed E-state index contributed by atoms with van der Waals surface area (Å²) in [5, 5.41) is 1.05. The van der Waals surface area contributed by atoms with Crippen molar-refractivity contribution in [3.05, 3.63) is 192 Å². The van der Waals surface area contributed by atoms with Crippen molar-refractivity contribution in [2.24, 2.45) is 0 Å². The Hall–Kier alpha value is -6.12. The van der Waals surface area contributed by atoms with Gasteiger partial charge in [-0.2, -0.15) is 0 Å². The van der Waals surface area contributed by atoms with Crippen LogP contribution in [0.1, 0.15) is 22.3 Å². The predicted molar refractivity (Wildman–Crippen MR) is 192 cm³/mol. The van der Waals surface area contributed by atoms with E-state index in [0.29, 0.717) is 0 Å². The van der Waals surface area contributed by atoms with E-state index in [-0.39, 0.29) is 5.41 Å². The van der Waals surface area contributed by atoms with Crippen LogP contribution in [-0.2, 0) is 5.41 Å². The summed E-state index contributed by atoms with van der Waals surface area (Å²) in [6, 6.07) is 57.5. The first kappa shape index (κ1) is 26.1. The van der Waals surface area contributed by atoms with Gasteiger partial charge in [0.05, 0.1) is 16.6 Å². The van der Waals surface area contributed by atoms with Crippen LogP contribution in [0.4, 0.5) is 0 Å². The van der Waals surface area contributed by atoms with Gasteiger partial charge in [-0.3, -0.25) is 4.98 Å². The molecule has 0 saturated heterocycles. The van der Waals surface area contributed by atoms with Crippen LogP contribution in [0, 0.1) is 0 Å². The third-order valence-electron chi connectivity index (χ3n) is 10.2. The Morgan fingerprint density at radius 2 is 0.979 bits per heavy atom. The van der Waals surface area contributed by atoms with E-state index in [9.17, 15) is 0 Å². The van der Waals surface area contributed by atoms with Gasteiger partial charge >= 0.3 is 0 Å². The second-order valence-corrected chi connectivity index (χ2v) is 12.5. The molecule has 1 spiro atoms. The van der Waals surface area contributed by atoms with E-state index in [0.717, 1.165) is 33.3 Å². The first-order chi connectivity index (χ1) is 23.3. The normalized spacial score (nSPS) is 13.3. The number of aromatic nitrogens is 2. The lowest BCUT2D eigenvalue weighted by Gasteiger charge is -2.30. The van der Waals surface area contributed by atoms with E-state index in [2.05, 4.69) is 157 Å². The lowest BCUT2D eigenvalue weighted by Crippen LogP contribution is -2.25. The van der Waals surface area contributed by atoms with Crippen LogP contribution >= 0.6 is 0 Å². The molecule has 0 fully saturated rings. The molecule has 0 N–H and O–H groups in total. The van der Waals surface area contributed by atoms with Crippen molar-refractivity contribution >= 4 is 10.9 Å². The van der Waals surface area contributed by atoms with E-state index in [1.165, 1.54) is 55.6 Å². The summed E-state index contributed by atoms with van der Waals surface area (Å²) in [6.07, 6.45) is 3.74. The summed E-state index contributed by atoms with van der Waals surface area (Å²) >= 11 is 0. The van der Waals surface area contributed by atoms with Gasteiger partial charge in [0, 0.05) is 23.3 Å². The number of fused-ring (bicyclic) bond motifs is 11. The van der Waals surface area contributed by atoms with Crippen molar-refractivity contribution in [2.75, 3.05) is 0 Å². The molecule has 0 saturated carbocycles. The highest BCUT2D eigenvalue weighted by Gasteiger charge is 2.51. The molecule has 2 heterocycles. The Bertz CT molecular complexity index is 2480. The van der Waals surface area contributed by atoms with Crippen LogP contribution < -0.4 is 0 Å². The zero-order valence-corrected chi connectivity index (χ0v) is 25.6. The largest absolute Gasteiger partial charge is 0.264 e. The summed E-state index contributed by atoms with van der Waals surface area (Å²) in [7, 11) is 0. The van der Waals surface area contributed by atoms with Crippen molar-refractivity contribution in [1.29, 1.82) is 0 Å². The minimum Gasteiger partial charge on any atom is -0.264 e. The molecule has 2 aromatic heterocycles. The van der Waals surface area contributed by atoms with Crippen molar-refractivity contribution < 1.29 is 0 Å². The Morgan fingerprint density at radius 1 is 0.404 bits per heavy atom. The van der Waals surface area contributed by atoms with Crippen LogP contribution in [0.15, 0.2) is 170 Å². The molecule has 218 valence electrons. The minimum absolute atomic E-state index is 0.356. The molecule has 0 aliphatic heterocycles. The van der Waals surface area contributed by atoms with E-state index >= 15 is 0 Å². The average molecular weight is 597 g/mol. The molecule has 0 unspecified atom stereocenters. The zero-order valence-electron chi connectivity index (χ0n) is 25.6. The van der Waals surface area contributed by atoms with Crippen LogP contribution in [0.2, 0.25) is 0 Å².